The van der Waals surface area contributed by atoms with Gasteiger partial charge in [-0.3, -0.25) is 9.59 Å². The number of benzene rings is 3. The third-order valence-corrected chi connectivity index (χ3v) is 5.77. The van der Waals surface area contributed by atoms with Crippen molar-refractivity contribution >= 4 is 22.7 Å². The molecule has 0 saturated heterocycles. The maximum absolute atomic E-state index is 14.8. The highest BCUT2D eigenvalue weighted by Gasteiger charge is 2.20. The van der Waals surface area contributed by atoms with E-state index in [0.29, 0.717) is 5.56 Å². The highest BCUT2D eigenvalue weighted by Crippen LogP contribution is 2.34. The predicted molar refractivity (Wildman–Crippen MR) is 128 cm³/mol. The number of H-pyrrole nitrogens is 2. The van der Waals surface area contributed by atoms with E-state index in [1.54, 1.807) is 0 Å². The minimum Gasteiger partial charge on any atom is -0.481 e. The van der Waals surface area contributed by atoms with Gasteiger partial charge >= 0.3 is 5.97 Å². The number of ketones is 1. The van der Waals surface area contributed by atoms with E-state index < -0.39 is 40.8 Å². The van der Waals surface area contributed by atoms with E-state index in [-0.39, 0.29) is 52.1 Å². The molecule has 0 aliphatic heterocycles. The summed E-state index contributed by atoms with van der Waals surface area (Å²) < 4.78 is 63.4. The molecule has 3 N–H and O–H groups in total. The average molecular weight is 523 g/mol. The molecule has 0 spiro atoms. The Hall–Kier alpha value is -4.93. The number of hydrogen-bond donors (Lipinski definition) is 3. The Balaban J connectivity index is 1.42. The van der Waals surface area contributed by atoms with Crippen LogP contribution in [0.1, 0.15) is 28.0 Å². The molecule has 0 aliphatic carbocycles. The van der Waals surface area contributed by atoms with Crippen molar-refractivity contribution in [2.24, 2.45) is 0 Å². The Kier molecular flexibility index (Phi) is 6.41. The van der Waals surface area contributed by atoms with Crippen molar-refractivity contribution in [2.45, 2.75) is 12.8 Å². The van der Waals surface area contributed by atoms with E-state index in [1.165, 1.54) is 30.6 Å². The van der Waals surface area contributed by atoms with Gasteiger partial charge in [0, 0.05) is 35.8 Å². The van der Waals surface area contributed by atoms with Gasteiger partial charge in [0.05, 0.1) is 11.1 Å². The van der Waals surface area contributed by atoms with E-state index in [4.69, 9.17) is 9.84 Å². The topological polar surface area (TPSA) is 108 Å². The summed E-state index contributed by atoms with van der Waals surface area (Å²) in [5, 5.41) is 8.96. The number of carbonyl (C=O) groups is 2. The molecule has 5 aromatic rings. The lowest BCUT2D eigenvalue weighted by atomic mass is 10.0. The first-order chi connectivity index (χ1) is 18.2. The van der Waals surface area contributed by atoms with Crippen LogP contribution in [0, 0.1) is 23.3 Å². The molecule has 38 heavy (non-hydrogen) atoms. The van der Waals surface area contributed by atoms with Crippen LogP contribution in [0.5, 0.6) is 11.5 Å². The van der Waals surface area contributed by atoms with Gasteiger partial charge in [0.1, 0.15) is 28.9 Å². The number of halogens is 4. The van der Waals surface area contributed by atoms with Gasteiger partial charge in [0.25, 0.3) is 0 Å². The van der Waals surface area contributed by atoms with E-state index in [1.807, 2.05) is 0 Å². The molecule has 3 aromatic carbocycles. The van der Waals surface area contributed by atoms with Crippen molar-refractivity contribution in [3.05, 3.63) is 101 Å². The molecule has 5 rings (SSSR count). The molecule has 0 fully saturated rings. The van der Waals surface area contributed by atoms with Gasteiger partial charge in [0.2, 0.25) is 5.78 Å². The Morgan fingerprint density at radius 2 is 1.76 bits per heavy atom. The van der Waals surface area contributed by atoms with Crippen LogP contribution in [0.4, 0.5) is 17.6 Å². The highest BCUT2D eigenvalue weighted by atomic mass is 19.1. The lowest BCUT2D eigenvalue weighted by Crippen LogP contribution is -2.05. The molecule has 0 atom stereocenters. The van der Waals surface area contributed by atoms with E-state index in [2.05, 4.69) is 15.0 Å². The molecule has 0 aliphatic rings. The van der Waals surface area contributed by atoms with Gasteiger partial charge in [-0.25, -0.2) is 22.5 Å². The summed E-state index contributed by atoms with van der Waals surface area (Å²) in [5.74, 6) is -5.97. The fraction of sp³-hybridized carbons (Fsp3) is 0.0741. The number of aromatic nitrogens is 3. The summed E-state index contributed by atoms with van der Waals surface area (Å²) in [5.41, 5.74) is 0.195. The highest BCUT2D eigenvalue weighted by molar-refractivity contribution is 6.08. The van der Waals surface area contributed by atoms with Crippen molar-refractivity contribution in [1.82, 2.24) is 15.0 Å². The number of carbonyl (C=O) groups excluding carboxylic acids is 1. The average Bonchev–Trinajstić information content (AvgIpc) is 3.55. The molecule has 0 saturated carbocycles. The molecule has 7 nitrogen and oxygen atoms in total. The standard InChI is InChI=1S/C27H17F4N3O4/c28-15-8-13(1-4-23(35)36)7-14(9-15)25(37)22-12-33-27(34-22)18-10-16(2-3-19(18)29)38-26-20(30)11-21-17(24(26)31)5-6-32-21/h2-3,5-12,32H,1,4H2,(H,33,34)(H,35,36). The molecule has 2 heterocycles. The molecule has 2 aromatic heterocycles. The SMILES string of the molecule is O=C(O)CCc1cc(F)cc(C(=O)c2c[nH]c(-c3cc(Oc4c(F)cc5[nH]ccc5c4F)ccc3F)n2)c1. The van der Waals surface area contributed by atoms with Crippen molar-refractivity contribution in [1.29, 1.82) is 0 Å². The zero-order valence-corrected chi connectivity index (χ0v) is 19.3. The van der Waals surface area contributed by atoms with Crippen LogP contribution < -0.4 is 4.74 Å². The Morgan fingerprint density at radius 1 is 0.947 bits per heavy atom. The van der Waals surface area contributed by atoms with Crippen LogP contribution in [0.2, 0.25) is 0 Å². The number of hydrogen-bond acceptors (Lipinski definition) is 4. The van der Waals surface area contributed by atoms with Crippen molar-refractivity contribution < 1.29 is 37.0 Å². The minimum atomic E-state index is -1.07. The van der Waals surface area contributed by atoms with Gasteiger partial charge in [0.15, 0.2) is 17.4 Å². The maximum atomic E-state index is 14.8. The number of aryl methyl sites for hydroxylation is 1. The largest absolute Gasteiger partial charge is 0.481 e. The zero-order chi connectivity index (χ0) is 27.0. The summed E-state index contributed by atoms with van der Waals surface area (Å²) in [4.78, 5) is 33.2. The normalized spacial score (nSPS) is 11.2. The van der Waals surface area contributed by atoms with Crippen LogP contribution in [-0.4, -0.2) is 31.8 Å². The van der Waals surface area contributed by atoms with E-state index >= 15 is 0 Å². The van der Waals surface area contributed by atoms with Crippen molar-refractivity contribution in [3.63, 3.8) is 0 Å². The van der Waals surface area contributed by atoms with Crippen LogP contribution >= 0.6 is 0 Å². The van der Waals surface area contributed by atoms with Gasteiger partial charge in [-0.15, -0.1) is 0 Å². The molecular formula is C27H17F4N3O4. The number of imidazole rings is 1. The number of carboxylic acid groups (broad SMARTS) is 1. The molecule has 0 amide bonds. The second-order valence-corrected chi connectivity index (χ2v) is 8.39. The van der Waals surface area contributed by atoms with Gasteiger partial charge in [-0.2, -0.15) is 0 Å². The third kappa shape index (κ3) is 4.85. The minimum absolute atomic E-state index is 0.0232. The second kappa shape index (κ2) is 9.85. The Bertz CT molecular complexity index is 1710. The first-order valence-corrected chi connectivity index (χ1v) is 11.2. The Labute approximate surface area is 211 Å². The molecule has 11 heteroatoms. The fourth-order valence-corrected chi connectivity index (χ4v) is 3.97. The van der Waals surface area contributed by atoms with Crippen molar-refractivity contribution in [2.75, 3.05) is 0 Å². The quantitative estimate of drug-likeness (QED) is 0.167. The zero-order valence-electron chi connectivity index (χ0n) is 19.3. The van der Waals surface area contributed by atoms with E-state index in [0.717, 1.165) is 30.3 Å². The monoisotopic (exact) mass is 523 g/mol. The van der Waals surface area contributed by atoms with E-state index in [9.17, 15) is 27.2 Å². The van der Waals surface area contributed by atoms with Gasteiger partial charge in [-0.05, 0) is 54.4 Å². The number of rotatable bonds is 8. The van der Waals surface area contributed by atoms with Crippen LogP contribution in [0.25, 0.3) is 22.3 Å². The maximum Gasteiger partial charge on any atom is 0.303 e. The molecule has 0 bridgehead atoms. The number of nitrogens with zero attached hydrogens (tertiary/aromatic N) is 1. The smallest absolute Gasteiger partial charge is 0.303 e. The summed E-state index contributed by atoms with van der Waals surface area (Å²) in [6.45, 7) is 0. The molecule has 192 valence electrons. The Morgan fingerprint density at radius 3 is 2.55 bits per heavy atom. The first kappa shape index (κ1) is 24.8. The summed E-state index contributed by atoms with van der Waals surface area (Å²) in [6.07, 6.45) is 2.43. The summed E-state index contributed by atoms with van der Waals surface area (Å²) >= 11 is 0. The molecular weight excluding hydrogens is 506 g/mol. The number of aliphatic carboxylic acids is 1. The van der Waals surface area contributed by atoms with Gasteiger partial charge < -0.3 is 19.8 Å². The van der Waals surface area contributed by atoms with Gasteiger partial charge in [-0.1, -0.05) is 0 Å². The number of fused-ring (bicyclic) bond motifs is 1. The van der Waals surface area contributed by atoms with Crippen LogP contribution in [0.15, 0.2) is 60.9 Å². The van der Waals surface area contributed by atoms with Crippen LogP contribution in [-0.2, 0) is 11.2 Å². The van der Waals surface area contributed by atoms with Crippen LogP contribution in [0.3, 0.4) is 0 Å². The predicted octanol–water partition coefficient (Wildman–Crippen LogP) is 6.15. The number of aromatic amines is 2. The molecule has 0 radical (unpaired) electrons. The van der Waals surface area contributed by atoms with Crippen molar-refractivity contribution in [3.8, 4) is 22.9 Å². The number of ether oxygens (including phenoxy) is 1. The first-order valence-electron chi connectivity index (χ1n) is 11.2. The lowest BCUT2D eigenvalue weighted by molar-refractivity contribution is -0.136. The lowest BCUT2D eigenvalue weighted by Gasteiger charge is -2.10. The number of carboxylic acids is 1. The summed E-state index contributed by atoms with van der Waals surface area (Å²) in [6, 6.07) is 9.33. The second-order valence-electron chi connectivity index (χ2n) is 8.39. The summed E-state index contributed by atoms with van der Waals surface area (Å²) in [7, 11) is 0. The molecule has 0 unspecified atom stereocenters. The third-order valence-electron chi connectivity index (χ3n) is 5.77. The number of nitrogens with one attached hydrogen (secondary N) is 2. The fourth-order valence-electron chi connectivity index (χ4n) is 3.97.